The second-order valence-corrected chi connectivity index (χ2v) is 6.43. The van der Waals surface area contributed by atoms with E-state index in [9.17, 15) is 4.79 Å². The summed E-state index contributed by atoms with van der Waals surface area (Å²) in [4.78, 5) is 14.3. The molecule has 1 unspecified atom stereocenters. The van der Waals surface area contributed by atoms with Gasteiger partial charge in [-0.25, -0.2) is 0 Å². The van der Waals surface area contributed by atoms with Gasteiger partial charge in [-0.1, -0.05) is 15.9 Å². The van der Waals surface area contributed by atoms with E-state index in [1.807, 2.05) is 23.1 Å². The van der Waals surface area contributed by atoms with Crippen molar-refractivity contribution >= 4 is 21.8 Å². The van der Waals surface area contributed by atoms with E-state index in [1.165, 1.54) is 0 Å². The number of fused-ring (bicyclic) bond motifs is 1. The Morgan fingerprint density at radius 2 is 2.29 bits per heavy atom. The predicted molar refractivity (Wildman–Crippen MR) is 83.3 cm³/mol. The maximum absolute atomic E-state index is 12.4. The van der Waals surface area contributed by atoms with Crippen molar-refractivity contribution < 1.29 is 14.3 Å². The topological polar surface area (TPSA) is 38.8 Å². The van der Waals surface area contributed by atoms with Crippen LogP contribution in [-0.4, -0.2) is 43.4 Å². The Labute approximate surface area is 133 Å². The van der Waals surface area contributed by atoms with E-state index in [0.717, 1.165) is 54.4 Å². The van der Waals surface area contributed by atoms with Crippen molar-refractivity contribution in [3.8, 4) is 0 Å². The van der Waals surface area contributed by atoms with Crippen LogP contribution in [0, 0.1) is 0 Å². The van der Waals surface area contributed by atoms with Crippen LogP contribution in [0.2, 0.25) is 0 Å². The zero-order valence-electron chi connectivity index (χ0n) is 12.0. The molecular weight excluding hydrogens is 334 g/mol. The van der Waals surface area contributed by atoms with Crippen LogP contribution >= 0.6 is 15.9 Å². The van der Waals surface area contributed by atoms with Gasteiger partial charge in [0.1, 0.15) is 0 Å². The number of halogens is 1. The molecule has 2 heterocycles. The molecule has 0 saturated carbocycles. The Hall–Kier alpha value is -0.910. The summed E-state index contributed by atoms with van der Waals surface area (Å²) < 4.78 is 12.3. The molecule has 2 aliphatic heterocycles. The van der Waals surface area contributed by atoms with E-state index >= 15 is 0 Å². The third-order valence-electron chi connectivity index (χ3n) is 4.04. The van der Waals surface area contributed by atoms with E-state index in [1.54, 1.807) is 0 Å². The average molecular weight is 354 g/mol. The minimum atomic E-state index is -0.0816. The molecule has 0 aliphatic carbocycles. The number of carbonyl (C=O) groups excluding carboxylic acids is 1. The van der Waals surface area contributed by atoms with E-state index < -0.39 is 0 Å². The highest BCUT2D eigenvalue weighted by molar-refractivity contribution is 9.10. The summed E-state index contributed by atoms with van der Waals surface area (Å²) in [7, 11) is 0. The molecule has 1 atom stereocenters. The maximum atomic E-state index is 12.4. The SMILES string of the molecule is O=C1c2ccc(Br)cc2CCN1CCOC1CCCCO1. The van der Waals surface area contributed by atoms with Gasteiger partial charge in [0.2, 0.25) is 0 Å². The molecule has 1 fully saturated rings. The van der Waals surface area contributed by atoms with Crippen molar-refractivity contribution in [1.82, 2.24) is 4.90 Å². The largest absolute Gasteiger partial charge is 0.353 e. The summed E-state index contributed by atoms with van der Waals surface area (Å²) in [5.74, 6) is 0.108. The van der Waals surface area contributed by atoms with Gasteiger partial charge in [0, 0.05) is 29.7 Å². The Bertz CT molecular complexity index is 514. The lowest BCUT2D eigenvalue weighted by molar-refractivity contribution is -0.163. The summed E-state index contributed by atoms with van der Waals surface area (Å²) >= 11 is 3.45. The smallest absolute Gasteiger partial charge is 0.254 e. The lowest BCUT2D eigenvalue weighted by atomic mass is 9.99. The minimum Gasteiger partial charge on any atom is -0.353 e. The van der Waals surface area contributed by atoms with Crippen molar-refractivity contribution in [2.24, 2.45) is 0 Å². The first-order valence-electron chi connectivity index (χ1n) is 7.55. The summed E-state index contributed by atoms with van der Waals surface area (Å²) in [5.41, 5.74) is 1.94. The number of ether oxygens (including phenoxy) is 2. The van der Waals surface area contributed by atoms with Gasteiger partial charge in [0.25, 0.3) is 5.91 Å². The molecule has 4 nitrogen and oxygen atoms in total. The van der Waals surface area contributed by atoms with Crippen molar-refractivity contribution in [3.05, 3.63) is 33.8 Å². The van der Waals surface area contributed by atoms with Crippen LogP contribution < -0.4 is 0 Å². The Morgan fingerprint density at radius 1 is 1.38 bits per heavy atom. The van der Waals surface area contributed by atoms with Gasteiger partial charge in [-0.05, 0) is 49.4 Å². The summed E-state index contributed by atoms with van der Waals surface area (Å²) in [6.45, 7) is 2.73. The van der Waals surface area contributed by atoms with Gasteiger partial charge in [-0.2, -0.15) is 0 Å². The highest BCUT2D eigenvalue weighted by Crippen LogP contribution is 2.23. The second kappa shape index (κ2) is 6.90. The zero-order chi connectivity index (χ0) is 14.7. The number of carbonyl (C=O) groups is 1. The summed E-state index contributed by atoms with van der Waals surface area (Å²) in [6.07, 6.45) is 4.07. The van der Waals surface area contributed by atoms with Crippen LogP contribution in [0.15, 0.2) is 22.7 Å². The molecular formula is C16H20BrNO3. The number of hydrogen-bond acceptors (Lipinski definition) is 3. The quantitative estimate of drug-likeness (QED) is 0.835. The standard InChI is InChI=1S/C16H20BrNO3/c17-13-4-5-14-12(11-13)6-7-18(16(14)19)8-10-21-15-3-1-2-9-20-15/h4-5,11,15H,1-3,6-10H2. The number of benzene rings is 1. The van der Waals surface area contributed by atoms with Gasteiger partial charge < -0.3 is 14.4 Å². The van der Waals surface area contributed by atoms with Crippen LogP contribution in [0.4, 0.5) is 0 Å². The molecule has 0 aromatic heterocycles. The van der Waals surface area contributed by atoms with Crippen LogP contribution in [0.5, 0.6) is 0 Å². The number of amides is 1. The highest BCUT2D eigenvalue weighted by atomic mass is 79.9. The molecule has 0 spiro atoms. The molecule has 5 heteroatoms. The van der Waals surface area contributed by atoms with Crippen molar-refractivity contribution in [1.29, 1.82) is 0 Å². The molecule has 1 aromatic rings. The highest BCUT2D eigenvalue weighted by Gasteiger charge is 2.24. The molecule has 114 valence electrons. The van der Waals surface area contributed by atoms with E-state index in [-0.39, 0.29) is 12.2 Å². The van der Waals surface area contributed by atoms with Gasteiger partial charge in [0.05, 0.1) is 6.61 Å². The van der Waals surface area contributed by atoms with Gasteiger partial charge in [-0.15, -0.1) is 0 Å². The molecule has 1 amide bonds. The van der Waals surface area contributed by atoms with Crippen molar-refractivity contribution in [2.45, 2.75) is 32.0 Å². The lowest BCUT2D eigenvalue weighted by Crippen LogP contribution is -2.40. The molecule has 0 bridgehead atoms. The van der Waals surface area contributed by atoms with Crippen LogP contribution in [0.3, 0.4) is 0 Å². The van der Waals surface area contributed by atoms with Gasteiger partial charge in [0.15, 0.2) is 6.29 Å². The van der Waals surface area contributed by atoms with Gasteiger partial charge >= 0.3 is 0 Å². The third kappa shape index (κ3) is 3.65. The zero-order valence-corrected chi connectivity index (χ0v) is 13.6. The Kier molecular flexibility index (Phi) is 4.93. The van der Waals surface area contributed by atoms with Crippen molar-refractivity contribution in [2.75, 3.05) is 26.3 Å². The maximum Gasteiger partial charge on any atom is 0.254 e. The Balaban J connectivity index is 1.53. The van der Waals surface area contributed by atoms with E-state index in [4.69, 9.17) is 9.47 Å². The lowest BCUT2D eigenvalue weighted by Gasteiger charge is -2.30. The molecule has 1 aromatic carbocycles. The first kappa shape index (κ1) is 15.0. The molecule has 0 radical (unpaired) electrons. The van der Waals surface area contributed by atoms with E-state index in [2.05, 4.69) is 15.9 Å². The Morgan fingerprint density at radius 3 is 3.10 bits per heavy atom. The van der Waals surface area contributed by atoms with Gasteiger partial charge in [-0.3, -0.25) is 4.79 Å². The molecule has 0 N–H and O–H groups in total. The second-order valence-electron chi connectivity index (χ2n) is 5.51. The monoisotopic (exact) mass is 353 g/mol. The number of hydrogen-bond donors (Lipinski definition) is 0. The fraction of sp³-hybridized carbons (Fsp3) is 0.562. The fourth-order valence-electron chi connectivity index (χ4n) is 2.86. The van der Waals surface area contributed by atoms with E-state index in [0.29, 0.717) is 13.2 Å². The number of rotatable bonds is 4. The molecule has 2 aliphatic rings. The average Bonchev–Trinajstić information content (AvgIpc) is 2.50. The minimum absolute atomic E-state index is 0.0816. The van der Waals surface area contributed by atoms with Crippen LogP contribution in [-0.2, 0) is 15.9 Å². The van der Waals surface area contributed by atoms with Crippen molar-refractivity contribution in [3.63, 3.8) is 0 Å². The first-order chi connectivity index (χ1) is 10.2. The molecule has 3 rings (SSSR count). The number of nitrogens with zero attached hydrogens (tertiary/aromatic N) is 1. The third-order valence-corrected chi connectivity index (χ3v) is 4.53. The fourth-order valence-corrected chi connectivity index (χ4v) is 3.26. The summed E-state index contributed by atoms with van der Waals surface area (Å²) in [5, 5.41) is 0. The summed E-state index contributed by atoms with van der Waals surface area (Å²) in [6, 6.07) is 5.86. The predicted octanol–water partition coefficient (Wildman–Crippen LogP) is 2.99. The normalized spacial score (nSPS) is 22.2. The molecule has 21 heavy (non-hydrogen) atoms. The molecule has 1 saturated heterocycles. The van der Waals surface area contributed by atoms with Crippen LogP contribution in [0.25, 0.3) is 0 Å². The first-order valence-corrected chi connectivity index (χ1v) is 8.34. The van der Waals surface area contributed by atoms with Crippen LogP contribution in [0.1, 0.15) is 35.2 Å².